The molecule has 0 spiro atoms. The lowest BCUT2D eigenvalue weighted by Gasteiger charge is -2.36. The average molecular weight is 901 g/mol. The summed E-state index contributed by atoms with van der Waals surface area (Å²) in [5.74, 6) is -0.718. The highest BCUT2D eigenvalue weighted by atomic mass is 35.5. The minimum atomic E-state index is -6.04. The maximum Gasteiger partial charge on any atom is 0.501 e. The molecule has 0 aromatic heterocycles. The van der Waals surface area contributed by atoms with E-state index in [2.05, 4.69) is 15.5 Å². The van der Waals surface area contributed by atoms with E-state index < -0.39 is 58.9 Å². The van der Waals surface area contributed by atoms with Crippen LogP contribution in [-0.2, 0) is 19.9 Å². The number of aliphatic hydroxyl groups excluding tert-OH is 1. The molecule has 0 saturated carbocycles. The highest BCUT2D eigenvalue weighted by molar-refractivity contribution is 7.99. The van der Waals surface area contributed by atoms with E-state index >= 15 is 0 Å². The number of rotatable bonds is 16. The van der Waals surface area contributed by atoms with Crippen LogP contribution >= 0.6 is 23.4 Å². The van der Waals surface area contributed by atoms with Gasteiger partial charge in [0, 0.05) is 46.1 Å². The predicted molar refractivity (Wildman–Crippen MR) is 231 cm³/mol. The van der Waals surface area contributed by atoms with Gasteiger partial charge in [-0.25, -0.2) is 21.6 Å². The molecule has 1 aliphatic heterocycles. The van der Waals surface area contributed by atoms with Crippen LogP contribution in [0, 0.1) is 5.92 Å². The van der Waals surface area contributed by atoms with Gasteiger partial charge in [0.05, 0.1) is 16.7 Å². The van der Waals surface area contributed by atoms with Crippen molar-refractivity contribution >= 4 is 60.5 Å². The van der Waals surface area contributed by atoms with Crippen molar-refractivity contribution in [1.82, 2.24) is 10.0 Å². The number of amides is 1. The Morgan fingerprint density at radius 2 is 1.53 bits per heavy atom. The number of carbonyl (C=O) groups excluding carboxylic acids is 1. The highest BCUT2D eigenvalue weighted by Crippen LogP contribution is 2.39. The first kappa shape index (κ1) is 45.0. The van der Waals surface area contributed by atoms with Crippen LogP contribution in [0.4, 0.5) is 24.5 Å². The highest BCUT2D eigenvalue weighted by Gasteiger charge is 2.48. The molecular formula is C43H44ClF3N4O6S3. The Morgan fingerprint density at radius 1 is 0.883 bits per heavy atom. The average Bonchev–Trinajstić information content (AvgIpc) is 3.24. The minimum absolute atomic E-state index is 0.0140. The molecule has 0 radical (unpaired) electrons. The molecule has 10 nitrogen and oxygen atoms in total. The molecule has 6 rings (SSSR count). The molecule has 4 N–H and O–H groups in total. The second-order valence-corrected chi connectivity index (χ2v) is 19.4. The van der Waals surface area contributed by atoms with Crippen LogP contribution in [0.2, 0.25) is 5.02 Å². The number of nitrogens with zero attached hydrogens (tertiary/aromatic N) is 1. The monoisotopic (exact) mass is 900 g/mol. The summed E-state index contributed by atoms with van der Waals surface area (Å²) in [7, 11) is -9.19. The number of hydrogen-bond donors (Lipinski definition) is 4. The number of anilines is 2. The summed E-state index contributed by atoms with van der Waals surface area (Å²) < 4.78 is 96.3. The van der Waals surface area contributed by atoms with Gasteiger partial charge in [0.2, 0.25) is 0 Å². The van der Waals surface area contributed by atoms with E-state index in [-0.39, 0.29) is 11.5 Å². The molecule has 5 aromatic carbocycles. The Morgan fingerprint density at radius 3 is 2.18 bits per heavy atom. The van der Waals surface area contributed by atoms with E-state index in [0.29, 0.717) is 55.7 Å². The van der Waals surface area contributed by atoms with Gasteiger partial charge in [0.25, 0.3) is 25.8 Å². The second-order valence-electron chi connectivity index (χ2n) is 14.3. The van der Waals surface area contributed by atoms with Crippen molar-refractivity contribution in [1.29, 1.82) is 0 Å². The van der Waals surface area contributed by atoms with E-state index in [9.17, 15) is 39.9 Å². The Hall–Kier alpha value is -4.58. The zero-order valence-electron chi connectivity index (χ0n) is 32.4. The fraction of sp³-hybridized carbons (Fsp3) is 0.279. The number of carbonyl (C=O) groups is 1. The summed E-state index contributed by atoms with van der Waals surface area (Å²) in [6.07, 6.45) is 1.06. The summed E-state index contributed by atoms with van der Waals surface area (Å²) in [5.41, 5.74) is -2.73. The number of alkyl halides is 3. The number of hydrogen-bond acceptors (Lipinski definition) is 10. The molecule has 1 amide bonds. The molecule has 1 aliphatic rings. The third-order valence-electron chi connectivity index (χ3n) is 10.3. The molecule has 17 heteroatoms. The molecule has 1 heterocycles. The van der Waals surface area contributed by atoms with Crippen molar-refractivity contribution < 1.29 is 39.9 Å². The van der Waals surface area contributed by atoms with Gasteiger partial charge >= 0.3 is 5.51 Å². The predicted octanol–water partition coefficient (Wildman–Crippen LogP) is 8.55. The molecule has 1 fully saturated rings. The largest absolute Gasteiger partial charge is 0.501 e. The molecule has 60 heavy (non-hydrogen) atoms. The number of thioether (sulfide) groups is 1. The number of sulfone groups is 1. The second kappa shape index (κ2) is 19.4. The minimum Gasteiger partial charge on any atom is -0.388 e. The Balaban J connectivity index is 1.13. The molecule has 318 valence electrons. The van der Waals surface area contributed by atoms with E-state index in [0.717, 1.165) is 39.4 Å². The van der Waals surface area contributed by atoms with Crippen LogP contribution in [0.1, 0.15) is 41.3 Å². The van der Waals surface area contributed by atoms with Gasteiger partial charge in [-0.1, -0.05) is 66.2 Å². The summed E-state index contributed by atoms with van der Waals surface area (Å²) >= 11 is 7.50. The van der Waals surface area contributed by atoms with Crippen molar-refractivity contribution in [3.05, 3.63) is 137 Å². The number of nitrogens with one attached hydrogen (secondary N) is 3. The summed E-state index contributed by atoms with van der Waals surface area (Å²) in [6.45, 7) is 1.68. The van der Waals surface area contributed by atoms with Gasteiger partial charge < -0.3 is 20.6 Å². The molecule has 1 saturated heterocycles. The molecule has 5 aromatic rings. The van der Waals surface area contributed by atoms with Gasteiger partial charge in [-0.15, -0.1) is 11.8 Å². The fourth-order valence-electron chi connectivity index (χ4n) is 7.02. The summed E-state index contributed by atoms with van der Waals surface area (Å²) in [5, 5.41) is 18.0. The third kappa shape index (κ3) is 10.8. The van der Waals surface area contributed by atoms with Gasteiger partial charge in [0.15, 0.2) is 0 Å². The number of aliphatic hydroxyl groups is 1. The third-order valence-corrected chi connectivity index (χ3v) is 14.6. The van der Waals surface area contributed by atoms with Crippen molar-refractivity contribution in [2.75, 3.05) is 42.7 Å². The van der Waals surface area contributed by atoms with E-state index in [1.165, 1.54) is 23.9 Å². The Labute approximate surface area is 357 Å². The summed E-state index contributed by atoms with van der Waals surface area (Å²) in [6, 6.07) is 32.4. The van der Waals surface area contributed by atoms with Crippen LogP contribution in [0.15, 0.2) is 136 Å². The molecule has 0 bridgehead atoms. The Kier molecular flexibility index (Phi) is 14.6. The fourth-order valence-corrected chi connectivity index (χ4v) is 10.2. The first-order valence-electron chi connectivity index (χ1n) is 19.1. The Bertz CT molecular complexity index is 2470. The van der Waals surface area contributed by atoms with Gasteiger partial charge in [-0.2, -0.15) is 13.2 Å². The molecule has 0 aliphatic carbocycles. The lowest BCUT2D eigenvalue weighted by atomic mass is 9.84. The number of benzene rings is 5. The van der Waals surface area contributed by atoms with Crippen molar-refractivity contribution in [2.24, 2.45) is 5.92 Å². The smallest absolute Gasteiger partial charge is 0.388 e. The van der Waals surface area contributed by atoms with E-state index in [1.807, 2.05) is 83.6 Å². The van der Waals surface area contributed by atoms with Gasteiger partial charge in [-0.05, 0) is 122 Å². The van der Waals surface area contributed by atoms with Crippen LogP contribution < -0.4 is 20.3 Å². The lowest BCUT2D eigenvalue weighted by molar-refractivity contribution is -0.0435. The maximum absolute atomic E-state index is 14.0. The number of halogens is 4. The van der Waals surface area contributed by atoms with Crippen molar-refractivity contribution in [3.63, 3.8) is 0 Å². The standard InChI is InChI=1S/C43H44ClF3N4O6S3/c1-48-24-21-33(28-58-35-7-3-2-4-8-35)49-39-20-19-36(27-40(39)59(54,55)43(45,46)47)60(56,57)50-42(53)31-13-17-34(18-14-31)51-25-22-30(23-26-51)41(52)38-10-6-5-9-37(38)29-11-15-32(44)16-12-29/h2-20,27,30,33,41,48-49,52H,21-26,28H2,1H3,(H,50,53). The molecular weight excluding hydrogens is 857 g/mol. The lowest BCUT2D eigenvalue weighted by Crippen LogP contribution is -2.36. The number of sulfonamides is 1. The molecule has 2 unspecified atom stereocenters. The first-order valence-corrected chi connectivity index (χ1v) is 23.4. The topological polar surface area (TPSA) is 145 Å². The quantitative estimate of drug-likeness (QED) is 0.0712. The van der Waals surface area contributed by atoms with Gasteiger partial charge in [0.1, 0.15) is 4.90 Å². The first-order chi connectivity index (χ1) is 28.6. The van der Waals surface area contributed by atoms with Crippen LogP contribution in [0.25, 0.3) is 11.1 Å². The zero-order chi connectivity index (χ0) is 43.1. The van der Waals surface area contributed by atoms with Crippen LogP contribution in [-0.4, -0.2) is 71.8 Å². The van der Waals surface area contributed by atoms with Crippen molar-refractivity contribution in [3.8, 4) is 11.1 Å². The SMILES string of the molecule is CNCCC(CSc1ccccc1)Nc1ccc(S(=O)(=O)NC(=O)c2ccc(N3CCC(C(O)c4ccccc4-c4ccc(Cl)cc4)CC3)cc2)cc1S(=O)(=O)C(F)(F)F. The molecule has 2 atom stereocenters. The maximum atomic E-state index is 14.0. The van der Waals surface area contributed by atoms with Crippen molar-refractivity contribution in [2.45, 2.75) is 51.6 Å². The summed E-state index contributed by atoms with van der Waals surface area (Å²) in [4.78, 5) is 14.1. The zero-order valence-corrected chi connectivity index (χ0v) is 35.6. The van der Waals surface area contributed by atoms with E-state index in [1.54, 1.807) is 19.2 Å². The van der Waals surface area contributed by atoms with E-state index in [4.69, 9.17) is 11.6 Å². The van der Waals surface area contributed by atoms with Crippen LogP contribution in [0.5, 0.6) is 0 Å². The normalized spacial score (nSPS) is 15.0. The van der Waals surface area contributed by atoms with Crippen LogP contribution in [0.3, 0.4) is 0 Å². The van der Waals surface area contributed by atoms with Gasteiger partial charge in [-0.3, -0.25) is 4.79 Å². The number of piperidine rings is 1.